The van der Waals surface area contributed by atoms with E-state index in [1.54, 1.807) is 29.3 Å². The van der Waals surface area contributed by atoms with Crippen LogP contribution in [0.1, 0.15) is 15.9 Å². The second kappa shape index (κ2) is 8.20. The fourth-order valence-corrected chi connectivity index (χ4v) is 3.51. The van der Waals surface area contributed by atoms with E-state index in [1.165, 1.54) is 5.56 Å². The molecule has 0 radical (unpaired) electrons. The molecule has 0 aliphatic carbocycles. The van der Waals surface area contributed by atoms with Crippen LogP contribution in [-0.4, -0.2) is 25.5 Å². The van der Waals surface area contributed by atoms with Crippen molar-refractivity contribution in [2.75, 3.05) is 0 Å². The van der Waals surface area contributed by atoms with Gasteiger partial charge in [0.15, 0.2) is 5.65 Å². The summed E-state index contributed by atoms with van der Waals surface area (Å²) in [6.07, 6.45) is 6.69. The minimum atomic E-state index is -0.220. The van der Waals surface area contributed by atoms with E-state index in [9.17, 15) is 4.79 Å². The fraction of sp³-hybridized carbons (Fsp3) is 0.0400. The summed E-state index contributed by atoms with van der Waals surface area (Å²) in [5, 5.41) is 7.34. The molecule has 5 rings (SSSR count). The van der Waals surface area contributed by atoms with Crippen molar-refractivity contribution in [2.24, 2.45) is 0 Å². The molecule has 31 heavy (non-hydrogen) atoms. The maximum absolute atomic E-state index is 12.7. The highest BCUT2D eigenvalue weighted by atomic mass is 16.1. The maximum atomic E-state index is 12.7. The van der Waals surface area contributed by atoms with Crippen LogP contribution in [-0.2, 0) is 6.54 Å². The molecule has 6 nitrogen and oxygen atoms in total. The lowest BCUT2D eigenvalue weighted by molar-refractivity contribution is 0.0952. The first-order chi connectivity index (χ1) is 15.3. The van der Waals surface area contributed by atoms with Gasteiger partial charge in [-0.2, -0.15) is 5.10 Å². The van der Waals surface area contributed by atoms with Crippen molar-refractivity contribution in [3.63, 3.8) is 0 Å². The average molecular weight is 405 g/mol. The van der Waals surface area contributed by atoms with Crippen molar-refractivity contribution in [3.05, 3.63) is 109 Å². The Hall–Kier alpha value is -4.32. The summed E-state index contributed by atoms with van der Waals surface area (Å²) in [6.45, 7) is 0.394. The van der Waals surface area contributed by atoms with Crippen molar-refractivity contribution >= 4 is 11.6 Å². The summed E-state index contributed by atoms with van der Waals surface area (Å²) >= 11 is 0. The molecule has 0 spiro atoms. The Bertz CT molecular complexity index is 1330. The molecule has 3 heterocycles. The van der Waals surface area contributed by atoms with Crippen LogP contribution in [0.4, 0.5) is 0 Å². The molecule has 1 amide bonds. The van der Waals surface area contributed by atoms with Gasteiger partial charge in [-0.25, -0.2) is 9.50 Å². The molecule has 3 aromatic heterocycles. The Kier molecular flexibility index (Phi) is 4.94. The van der Waals surface area contributed by atoms with Gasteiger partial charge in [0.05, 0.1) is 11.9 Å². The molecule has 0 bridgehead atoms. The van der Waals surface area contributed by atoms with Crippen LogP contribution in [0.15, 0.2) is 97.6 Å². The smallest absolute Gasteiger partial charge is 0.257 e. The zero-order chi connectivity index (χ0) is 21.0. The number of amides is 1. The highest BCUT2D eigenvalue weighted by Crippen LogP contribution is 2.25. The van der Waals surface area contributed by atoms with E-state index in [-0.39, 0.29) is 5.91 Å². The van der Waals surface area contributed by atoms with E-state index in [2.05, 4.69) is 56.8 Å². The largest absolute Gasteiger partial charge is 0.348 e. The SMILES string of the molecule is O=C(NCc1cccnc1)c1cnn2c(-c3ccc(-c4ccccc4)cc3)ccnc12. The highest BCUT2D eigenvalue weighted by molar-refractivity contribution is 5.99. The average Bonchev–Trinajstić information content (AvgIpc) is 3.28. The van der Waals surface area contributed by atoms with Crippen LogP contribution in [0, 0.1) is 0 Å². The third kappa shape index (κ3) is 3.79. The van der Waals surface area contributed by atoms with Crippen LogP contribution >= 0.6 is 0 Å². The Balaban J connectivity index is 1.42. The first kappa shape index (κ1) is 18.7. The highest BCUT2D eigenvalue weighted by Gasteiger charge is 2.16. The molecule has 0 atom stereocenters. The predicted molar refractivity (Wildman–Crippen MR) is 119 cm³/mol. The number of pyridine rings is 1. The van der Waals surface area contributed by atoms with E-state index < -0.39 is 0 Å². The van der Waals surface area contributed by atoms with Gasteiger partial charge in [-0.15, -0.1) is 0 Å². The molecule has 0 aliphatic heterocycles. The molecular formula is C25H19N5O. The van der Waals surface area contributed by atoms with E-state index >= 15 is 0 Å². The number of hydrogen-bond acceptors (Lipinski definition) is 4. The first-order valence-electron chi connectivity index (χ1n) is 9.95. The second-order valence-electron chi connectivity index (χ2n) is 7.11. The van der Waals surface area contributed by atoms with Crippen LogP contribution in [0.3, 0.4) is 0 Å². The van der Waals surface area contributed by atoms with Gasteiger partial charge in [0.25, 0.3) is 5.91 Å². The van der Waals surface area contributed by atoms with Crippen LogP contribution in [0.5, 0.6) is 0 Å². The van der Waals surface area contributed by atoms with E-state index in [0.717, 1.165) is 22.4 Å². The quantitative estimate of drug-likeness (QED) is 0.471. The van der Waals surface area contributed by atoms with E-state index in [0.29, 0.717) is 17.8 Å². The van der Waals surface area contributed by atoms with Gasteiger partial charge in [0.1, 0.15) is 5.56 Å². The minimum Gasteiger partial charge on any atom is -0.348 e. The summed E-state index contributed by atoms with van der Waals surface area (Å²) in [6, 6.07) is 24.2. The van der Waals surface area contributed by atoms with E-state index in [4.69, 9.17) is 0 Å². The zero-order valence-electron chi connectivity index (χ0n) is 16.6. The normalized spacial score (nSPS) is 10.8. The maximum Gasteiger partial charge on any atom is 0.257 e. The molecule has 0 fully saturated rings. The summed E-state index contributed by atoms with van der Waals surface area (Å²) in [5.41, 5.74) is 6.07. The second-order valence-corrected chi connectivity index (χ2v) is 7.11. The summed E-state index contributed by atoms with van der Waals surface area (Å²) in [4.78, 5) is 21.2. The molecular weight excluding hydrogens is 386 g/mol. The summed E-state index contributed by atoms with van der Waals surface area (Å²) in [5.74, 6) is -0.220. The van der Waals surface area contributed by atoms with Crippen molar-refractivity contribution in [1.82, 2.24) is 24.9 Å². The Morgan fingerprint density at radius 1 is 0.806 bits per heavy atom. The number of nitrogens with zero attached hydrogens (tertiary/aromatic N) is 4. The molecule has 0 saturated carbocycles. The fourth-order valence-electron chi connectivity index (χ4n) is 3.51. The molecule has 150 valence electrons. The standard InChI is InChI=1S/C25H19N5O/c31-25(28-16-18-5-4-13-26-15-18)22-17-29-30-23(12-14-27-24(22)30)21-10-8-20(9-11-21)19-6-2-1-3-7-19/h1-15,17H,16H2,(H,28,31). The molecule has 0 aliphatic rings. The molecule has 2 aromatic carbocycles. The van der Waals surface area contributed by atoms with Crippen molar-refractivity contribution < 1.29 is 4.79 Å². The minimum absolute atomic E-state index is 0.220. The number of nitrogens with one attached hydrogen (secondary N) is 1. The predicted octanol–water partition coefficient (Wildman–Crippen LogP) is 4.39. The van der Waals surface area contributed by atoms with Gasteiger partial charge in [-0.1, -0.05) is 60.7 Å². The number of hydrogen-bond donors (Lipinski definition) is 1. The Morgan fingerprint density at radius 2 is 1.58 bits per heavy atom. The van der Waals surface area contributed by atoms with Gasteiger partial charge in [0.2, 0.25) is 0 Å². The lowest BCUT2D eigenvalue weighted by atomic mass is 10.0. The summed E-state index contributed by atoms with van der Waals surface area (Å²) in [7, 11) is 0. The summed E-state index contributed by atoms with van der Waals surface area (Å²) < 4.78 is 1.70. The third-order valence-corrected chi connectivity index (χ3v) is 5.11. The van der Waals surface area contributed by atoms with Gasteiger partial charge in [-0.05, 0) is 28.8 Å². The third-order valence-electron chi connectivity index (χ3n) is 5.11. The topological polar surface area (TPSA) is 72.2 Å². The zero-order valence-corrected chi connectivity index (χ0v) is 16.6. The van der Waals surface area contributed by atoms with Crippen molar-refractivity contribution in [3.8, 4) is 22.4 Å². The van der Waals surface area contributed by atoms with Gasteiger partial charge < -0.3 is 5.32 Å². The number of benzene rings is 2. The number of fused-ring (bicyclic) bond motifs is 1. The molecule has 0 saturated heterocycles. The first-order valence-corrected chi connectivity index (χ1v) is 9.95. The van der Waals surface area contributed by atoms with Crippen LogP contribution < -0.4 is 5.32 Å². The van der Waals surface area contributed by atoms with E-state index in [1.807, 2.05) is 36.4 Å². The number of aromatic nitrogens is 4. The molecule has 5 aromatic rings. The monoisotopic (exact) mass is 405 g/mol. The lowest BCUT2D eigenvalue weighted by Gasteiger charge is -2.07. The van der Waals surface area contributed by atoms with Crippen LogP contribution in [0.25, 0.3) is 28.0 Å². The van der Waals surface area contributed by atoms with Gasteiger partial charge in [-0.3, -0.25) is 9.78 Å². The Morgan fingerprint density at radius 3 is 2.35 bits per heavy atom. The van der Waals surface area contributed by atoms with Gasteiger partial charge in [0, 0.05) is 30.7 Å². The number of carbonyl (C=O) groups is 1. The van der Waals surface area contributed by atoms with Crippen molar-refractivity contribution in [1.29, 1.82) is 0 Å². The lowest BCUT2D eigenvalue weighted by Crippen LogP contribution is -2.22. The van der Waals surface area contributed by atoms with Gasteiger partial charge >= 0.3 is 0 Å². The van der Waals surface area contributed by atoms with Crippen LogP contribution in [0.2, 0.25) is 0 Å². The Labute approximate surface area is 179 Å². The molecule has 1 N–H and O–H groups in total. The number of rotatable bonds is 5. The molecule has 6 heteroatoms. The molecule has 0 unspecified atom stereocenters. The number of carbonyl (C=O) groups excluding carboxylic acids is 1. The van der Waals surface area contributed by atoms with Crippen molar-refractivity contribution in [2.45, 2.75) is 6.54 Å².